The molecule has 0 aromatic heterocycles. The third-order valence-corrected chi connectivity index (χ3v) is 3.03. The van der Waals surface area contributed by atoms with E-state index in [0.717, 1.165) is 0 Å². The Hall–Kier alpha value is -1.21. The molecule has 4 nitrogen and oxygen atoms in total. The number of terminal acetylenes is 1. The van der Waals surface area contributed by atoms with Crippen LogP contribution in [0.1, 0.15) is 27.7 Å². The molecule has 1 radical (unpaired) electrons. The lowest BCUT2D eigenvalue weighted by Crippen LogP contribution is -2.53. The molecule has 0 aromatic carbocycles. The summed E-state index contributed by atoms with van der Waals surface area (Å²) in [7, 11) is 0. The van der Waals surface area contributed by atoms with Gasteiger partial charge in [-0.1, -0.05) is 5.06 Å². The Kier molecular flexibility index (Phi) is 1.82. The molecule has 1 aliphatic heterocycles. The first kappa shape index (κ1) is 9.87. The maximum atomic E-state index is 11.6. The van der Waals surface area contributed by atoms with Crippen molar-refractivity contribution >= 4 is 5.84 Å². The molecule has 0 spiro atoms. The SMILES string of the molecule is C#CC1=[N+]([O-])C(C)(C)C(C)(C)N1[O]. The van der Waals surface area contributed by atoms with E-state index >= 15 is 0 Å². The molecule has 4 heteroatoms. The summed E-state index contributed by atoms with van der Waals surface area (Å²) in [4.78, 5) is 0. The summed E-state index contributed by atoms with van der Waals surface area (Å²) in [5.41, 5.74) is -1.59. The summed E-state index contributed by atoms with van der Waals surface area (Å²) in [6.45, 7) is 6.81. The van der Waals surface area contributed by atoms with E-state index in [-0.39, 0.29) is 5.84 Å². The van der Waals surface area contributed by atoms with Gasteiger partial charge in [-0.25, -0.2) is 4.74 Å². The molecular formula is C9H13N2O2. The highest BCUT2D eigenvalue weighted by molar-refractivity contribution is 5.94. The van der Waals surface area contributed by atoms with Crippen molar-refractivity contribution < 1.29 is 9.95 Å². The Morgan fingerprint density at radius 1 is 1.46 bits per heavy atom. The number of hydroxylamine groups is 3. The zero-order valence-electron chi connectivity index (χ0n) is 8.29. The van der Waals surface area contributed by atoms with Crippen LogP contribution in [0.3, 0.4) is 0 Å². The molecule has 0 saturated carbocycles. The molecule has 0 N–H and O–H groups in total. The fourth-order valence-electron chi connectivity index (χ4n) is 1.23. The van der Waals surface area contributed by atoms with Crippen molar-refractivity contribution in [2.24, 2.45) is 0 Å². The molecule has 71 valence electrons. The van der Waals surface area contributed by atoms with Gasteiger partial charge in [0, 0.05) is 11.1 Å². The molecule has 0 fully saturated rings. The first-order chi connectivity index (χ1) is 5.76. The molecule has 1 rings (SSSR count). The second kappa shape index (κ2) is 2.39. The normalized spacial score (nSPS) is 24.8. The van der Waals surface area contributed by atoms with E-state index in [4.69, 9.17) is 6.42 Å². The number of hydrogen-bond donors (Lipinski definition) is 0. The first-order valence-electron chi connectivity index (χ1n) is 4.05. The number of hydrogen-bond acceptors (Lipinski definition) is 2. The molecule has 0 aromatic rings. The van der Waals surface area contributed by atoms with Crippen LogP contribution in [0.25, 0.3) is 0 Å². The van der Waals surface area contributed by atoms with Crippen molar-refractivity contribution in [1.82, 2.24) is 5.06 Å². The molecule has 0 aliphatic carbocycles. The van der Waals surface area contributed by atoms with Crippen LogP contribution < -0.4 is 0 Å². The average molecular weight is 181 g/mol. The lowest BCUT2D eigenvalue weighted by molar-refractivity contribution is -0.539. The molecule has 1 heterocycles. The van der Waals surface area contributed by atoms with Crippen LogP contribution in [0.5, 0.6) is 0 Å². The molecule has 0 amide bonds. The van der Waals surface area contributed by atoms with Crippen molar-refractivity contribution in [3.05, 3.63) is 5.21 Å². The van der Waals surface area contributed by atoms with Gasteiger partial charge in [-0.3, -0.25) is 0 Å². The van der Waals surface area contributed by atoms with Crippen LogP contribution in [-0.4, -0.2) is 26.7 Å². The van der Waals surface area contributed by atoms with Crippen LogP contribution in [0, 0.1) is 17.6 Å². The van der Waals surface area contributed by atoms with Gasteiger partial charge in [0.15, 0.2) is 5.54 Å². The van der Waals surface area contributed by atoms with Gasteiger partial charge in [0.25, 0.3) is 0 Å². The zero-order chi connectivity index (χ0) is 10.4. The lowest BCUT2D eigenvalue weighted by Gasteiger charge is -2.32. The average Bonchev–Trinajstić information content (AvgIpc) is 2.13. The smallest absolute Gasteiger partial charge is 0.362 e. The summed E-state index contributed by atoms with van der Waals surface area (Å²) in [6, 6.07) is 0. The topological polar surface area (TPSA) is 49.2 Å². The molecular weight excluding hydrogens is 168 g/mol. The van der Waals surface area contributed by atoms with Gasteiger partial charge < -0.3 is 5.21 Å². The van der Waals surface area contributed by atoms with E-state index in [1.165, 1.54) is 0 Å². The molecule has 0 saturated heterocycles. The highest BCUT2D eigenvalue weighted by Gasteiger charge is 2.59. The second-order valence-corrected chi connectivity index (χ2v) is 4.17. The summed E-state index contributed by atoms with van der Waals surface area (Å²) in [6.07, 6.45) is 5.09. The lowest BCUT2D eigenvalue weighted by atomic mass is 9.84. The highest BCUT2D eigenvalue weighted by atomic mass is 16.5. The summed E-state index contributed by atoms with van der Waals surface area (Å²) >= 11 is 0. The number of rotatable bonds is 0. The van der Waals surface area contributed by atoms with Gasteiger partial charge in [0.2, 0.25) is 0 Å². The molecule has 0 unspecified atom stereocenters. The molecule has 13 heavy (non-hydrogen) atoms. The highest BCUT2D eigenvalue weighted by Crippen LogP contribution is 2.35. The maximum absolute atomic E-state index is 11.6. The maximum Gasteiger partial charge on any atom is 0.362 e. The molecule has 0 bridgehead atoms. The fourth-order valence-corrected chi connectivity index (χ4v) is 1.23. The largest absolute Gasteiger partial charge is 0.714 e. The minimum absolute atomic E-state index is 0.144. The first-order valence-corrected chi connectivity index (χ1v) is 4.05. The molecule has 0 atom stereocenters. The number of amidine groups is 1. The Morgan fingerprint density at radius 2 is 1.92 bits per heavy atom. The molecule has 1 aliphatic rings. The Balaban J connectivity index is 3.32. The minimum Gasteiger partial charge on any atom is -0.714 e. The van der Waals surface area contributed by atoms with E-state index in [0.29, 0.717) is 9.80 Å². The van der Waals surface area contributed by atoms with Crippen LogP contribution in [0.4, 0.5) is 0 Å². The van der Waals surface area contributed by atoms with Gasteiger partial charge in [-0.2, -0.15) is 0 Å². The van der Waals surface area contributed by atoms with E-state index < -0.39 is 11.1 Å². The van der Waals surface area contributed by atoms with Crippen molar-refractivity contribution in [3.63, 3.8) is 0 Å². The second-order valence-electron chi connectivity index (χ2n) is 4.17. The van der Waals surface area contributed by atoms with E-state index in [1.807, 2.05) is 0 Å². The predicted octanol–water partition coefficient (Wildman–Crippen LogP) is 0.747. The van der Waals surface area contributed by atoms with Crippen LogP contribution in [-0.2, 0) is 5.21 Å². The summed E-state index contributed by atoms with van der Waals surface area (Å²) in [5.74, 6) is 1.97. The van der Waals surface area contributed by atoms with Crippen LogP contribution in [0.2, 0.25) is 0 Å². The quantitative estimate of drug-likeness (QED) is 0.314. The van der Waals surface area contributed by atoms with Gasteiger partial charge >= 0.3 is 5.84 Å². The third kappa shape index (κ3) is 0.939. The Morgan fingerprint density at radius 3 is 2.08 bits per heavy atom. The van der Waals surface area contributed by atoms with Gasteiger partial charge in [-0.15, -0.1) is 6.42 Å². The van der Waals surface area contributed by atoms with E-state index in [2.05, 4.69) is 5.92 Å². The predicted molar refractivity (Wildman–Crippen MR) is 48.2 cm³/mol. The van der Waals surface area contributed by atoms with Crippen LogP contribution >= 0.6 is 0 Å². The van der Waals surface area contributed by atoms with Gasteiger partial charge in [0.05, 0.1) is 0 Å². The minimum atomic E-state index is -0.795. The van der Waals surface area contributed by atoms with Crippen LogP contribution in [0.15, 0.2) is 0 Å². The summed E-state index contributed by atoms with van der Waals surface area (Å²) < 4.78 is 0.611. The van der Waals surface area contributed by atoms with Crippen molar-refractivity contribution in [2.45, 2.75) is 38.8 Å². The van der Waals surface area contributed by atoms with E-state index in [9.17, 15) is 10.4 Å². The zero-order valence-corrected chi connectivity index (χ0v) is 8.29. The van der Waals surface area contributed by atoms with Crippen molar-refractivity contribution in [2.75, 3.05) is 0 Å². The monoisotopic (exact) mass is 181 g/mol. The Bertz CT molecular complexity index is 310. The van der Waals surface area contributed by atoms with Gasteiger partial charge in [0.1, 0.15) is 5.54 Å². The van der Waals surface area contributed by atoms with Crippen molar-refractivity contribution in [3.8, 4) is 12.3 Å². The van der Waals surface area contributed by atoms with Gasteiger partial charge in [-0.05, 0) is 27.7 Å². The third-order valence-electron chi connectivity index (χ3n) is 3.03. The number of nitrogens with zero attached hydrogens (tertiary/aromatic N) is 2. The Labute approximate surface area is 78.0 Å². The standard InChI is InChI=1S/C9H13N2O2/c1-6-7-10(12)8(2,3)9(4,5)11(7)13/h1H,2-5H3. The fraction of sp³-hybridized carbons (Fsp3) is 0.667. The van der Waals surface area contributed by atoms with E-state index in [1.54, 1.807) is 27.7 Å². The van der Waals surface area contributed by atoms with Crippen molar-refractivity contribution in [1.29, 1.82) is 0 Å². The summed E-state index contributed by atoms with van der Waals surface area (Å²) in [5, 5.41) is 23.8.